The number of carbonyl (C=O) groups excluding carboxylic acids is 1. The zero-order chi connectivity index (χ0) is 18.6. The third-order valence-electron chi connectivity index (χ3n) is 3.56. The first-order valence-corrected chi connectivity index (χ1v) is 9.54. The molecule has 9 heteroatoms. The number of carbonyl (C=O) groups is 1. The Bertz CT molecular complexity index is 869. The molecular formula is C16H19ClN4O3S. The lowest BCUT2D eigenvalue weighted by atomic mass is 10.2. The van der Waals surface area contributed by atoms with Gasteiger partial charge in [0.2, 0.25) is 10.0 Å². The second kappa shape index (κ2) is 7.92. The summed E-state index contributed by atoms with van der Waals surface area (Å²) in [6.45, 7) is 3.43. The Morgan fingerprint density at radius 2 is 2.04 bits per heavy atom. The molecule has 0 fully saturated rings. The molecule has 0 bridgehead atoms. The highest BCUT2D eigenvalue weighted by Gasteiger charge is 2.16. The van der Waals surface area contributed by atoms with Gasteiger partial charge in [-0.05, 0) is 49.7 Å². The van der Waals surface area contributed by atoms with E-state index in [1.54, 1.807) is 37.3 Å². The minimum absolute atomic E-state index is 0.00773. The molecule has 1 aromatic carbocycles. The van der Waals surface area contributed by atoms with Gasteiger partial charge in [0.1, 0.15) is 0 Å². The van der Waals surface area contributed by atoms with Crippen molar-refractivity contribution in [2.75, 3.05) is 10.8 Å². The van der Waals surface area contributed by atoms with Crippen LogP contribution in [0.5, 0.6) is 0 Å². The quantitative estimate of drug-likeness (QED) is 0.451. The summed E-state index contributed by atoms with van der Waals surface area (Å²) in [5.41, 5.74) is 2.10. The number of benzene rings is 1. The van der Waals surface area contributed by atoms with Crippen LogP contribution < -0.4 is 15.6 Å². The van der Waals surface area contributed by atoms with Gasteiger partial charge in [-0.25, -0.2) is 24.0 Å². The first kappa shape index (κ1) is 19.3. The first-order valence-electron chi connectivity index (χ1n) is 7.51. The van der Waals surface area contributed by atoms with Crippen LogP contribution in [0.1, 0.15) is 28.5 Å². The number of nitrogens with two attached hydrogens (primary N) is 1. The van der Waals surface area contributed by atoms with Crippen LogP contribution in [0.2, 0.25) is 5.02 Å². The van der Waals surface area contributed by atoms with Gasteiger partial charge in [-0.1, -0.05) is 11.6 Å². The van der Waals surface area contributed by atoms with E-state index in [2.05, 4.69) is 9.71 Å². The van der Waals surface area contributed by atoms with E-state index >= 15 is 0 Å². The Labute approximate surface area is 151 Å². The van der Waals surface area contributed by atoms with E-state index in [4.69, 9.17) is 17.4 Å². The number of nitrogens with zero attached hydrogens (tertiary/aromatic N) is 2. The Hall–Kier alpha value is -2.00. The molecule has 1 heterocycles. The number of hydrogen-bond acceptors (Lipinski definition) is 5. The van der Waals surface area contributed by atoms with Crippen LogP contribution in [-0.4, -0.2) is 25.1 Å². The van der Waals surface area contributed by atoms with E-state index < -0.39 is 15.9 Å². The van der Waals surface area contributed by atoms with Crippen molar-refractivity contribution >= 4 is 33.2 Å². The maximum absolute atomic E-state index is 12.4. The lowest BCUT2D eigenvalue weighted by Crippen LogP contribution is -2.37. The predicted molar refractivity (Wildman–Crippen MR) is 97.7 cm³/mol. The summed E-state index contributed by atoms with van der Waals surface area (Å²) in [4.78, 5) is 16.5. The summed E-state index contributed by atoms with van der Waals surface area (Å²) in [5.74, 6) is 5.44. The van der Waals surface area contributed by atoms with Crippen LogP contribution in [0.15, 0.2) is 36.5 Å². The van der Waals surface area contributed by atoms with Gasteiger partial charge in [0, 0.05) is 11.2 Å². The standard InChI is InChI=1S/C16H19ClN4O3S/c1-3-25(23,24)20-10-13-5-4-12(9-19-13)16(22)21(18)14-6-7-15(17)11(2)8-14/h4-9,20H,3,10,18H2,1-2H3. The minimum atomic E-state index is -3.30. The number of anilines is 1. The molecule has 1 amide bonds. The maximum Gasteiger partial charge on any atom is 0.274 e. The molecule has 0 radical (unpaired) electrons. The molecular weight excluding hydrogens is 364 g/mol. The van der Waals surface area contributed by atoms with Crippen molar-refractivity contribution in [2.45, 2.75) is 20.4 Å². The fraction of sp³-hybridized carbons (Fsp3) is 0.250. The number of halogens is 1. The number of rotatable bonds is 6. The van der Waals surface area contributed by atoms with Crippen molar-refractivity contribution in [1.29, 1.82) is 0 Å². The molecule has 0 atom stereocenters. The maximum atomic E-state index is 12.4. The monoisotopic (exact) mass is 382 g/mol. The largest absolute Gasteiger partial charge is 0.274 e. The highest BCUT2D eigenvalue weighted by Crippen LogP contribution is 2.22. The average molecular weight is 383 g/mol. The van der Waals surface area contributed by atoms with E-state index in [-0.39, 0.29) is 17.9 Å². The van der Waals surface area contributed by atoms with Crippen LogP contribution in [0.3, 0.4) is 0 Å². The third-order valence-corrected chi connectivity index (χ3v) is 5.33. The van der Waals surface area contributed by atoms with Crippen molar-refractivity contribution in [2.24, 2.45) is 5.84 Å². The summed E-state index contributed by atoms with van der Waals surface area (Å²) in [7, 11) is -3.30. The minimum Gasteiger partial charge on any atom is -0.267 e. The fourth-order valence-electron chi connectivity index (χ4n) is 1.98. The average Bonchev–Trinajstić information content (AvgIpc) is 2.61. The molecule has 25 heavy (non-hydrogen) atoms. The smallest absolute Gasteiger partial charge is 0.267 e. The summed E-state index contributed by atoms with van der Waals surface area (Å²) < 4.78 is 25.3. The molecule has 0 aliphatic heterocycles. The Morgan fingerprint density at radius 3 is 2.60 bits per heavy atom. The van der Waals surface area contributed by atoms with E-state index in [9.17, 15) is 13.2 Å². The highest BCUT2D eigenvalue weighted by atomic mass is 35.5. The van der Waals surface area contributed by atoms with Crippen LogP contribution in [-0.2, 0) is 16.6 Å². The van der Waals surface area contributed by atoms with Crippen LogP contribution >= 0.6 is 11.6 Å². The van der Waals surface area contributed by atoms with Gasteiger partial charge in [-0.3, -0.25) is 9.78 Å². The van der Waals surface area contributed by atoms with Crippen molar-refractivity contribution in [3.05, 3.63) is 58.4 Å². The Balaban J connectivity index is 2.10. The number of aromatic nitrogens is 1. The van der Waals surface area contributed by atoms with Crippen LogP contribution in [0.4, 0.5) is 5.69 Å². The summed E-state index contributed by atoms with van der Waals surface area (Å²) >= 11 is 5.97. The third kappa shape index (κ3) is 4.99. The van der Waals surface area contributed by atoms with E-state index in [0.29, 0.717) is 16.4 Å². The number of pyridine rings is 1. The molecule has 0 aliphatic rings. The molecule has 7 nitrogen and oxygen atoms in total. The zero-order valence-electron chi connectivity index (χ0n) is 13.9. The Morgan fingerprint density at radius 1 is 1.32 bits per heavy atom. The van der Waals surface area contributed by atoms with Crippen LogP contribution in [0.25, 0.3) is 0 Å². The van der Waals surface area contributed by atoms with Gasteiger partial charge in [0.05, 0.1) is 29.2 Å². The van der Waals surface area contributed by atoms with E-state index in [1.165, 1.54) is 6.20 Å². The second-order valence-corrected chi connectivity index (χ2v) is 7.87. The normalized spacial score (nSPS) is 11.4. The second-order valence-electron chi connectivity index (χ2n) is 5.37. The predicted octanol–water partition coefficient (Wildman–Crippen LogP) is 2.00. The number of hydrogen-bond donors (Lipinski definition) is 2. The first-order chi connectivity index (χ1) is 11.7. The molecule has 0 aliphatic carbocycles. The highest BCUT2D eigenvalue weighted by molar-refractivity contribution is 7.89. The molecule has 3 N–H and O–H groups in total. The van der Waals surface area contributed by atoms with Gasteiger partial charge < -0.3 is 0 Å². The van der Waals surface area contributed by atoms with Crippen molar-refractivity contribution in [1.82, 2.24) is 9.71 Å². The molecule has 0 spiro atoms. The molecule has 0 saturated heterocycles. The number of aryl methyl sites for hydroxylation is 1. The molecule has 2 rings (SSSR count). The number of hydrazine groups is 1. The molecule has 1 aromatic heterocycles. The molecule has 2 aromatic rings. The zero-order valence-corrected chi connectivity index (χ0v) is 15.4. The lowest BCUT2D eigenvalue weighted by molar-refractivity contribution is 0.0986. The van der Waals surface area contributed by atoms with E-state index in [1.807, 2.05) is 6.92 Å². The van der Waals surface area contributed by atoms with Crippen LogP contribution in [0, 0.1) is 6.92 Å². The van der Waals surface area contributed by atoms with Crippen molar-refractivity contribution in [3.8, 4) is 0 Å². The van der Waals surface area contributed by atoms with E-state index in [0.717, 1.165) is 10.6 Å². The Kier molecular flexibility index (Phi) is 6.12. The SMILES string of the molecule is CCS(=O)(=O)NCc1ccc(C(=O)N(N)c2ccc(Cl)c(C)c2)cn1. The van der Waals surface area contributed by atoms with Gasteiger partial charge in [0.25, 0.3) is 5.91 Å². The topological polar surface area (TPSA) is 105 Å². The number of amides is 1. The van der Waals surface area contributed by atoms with Gasteiger partial charge in [0.15, 0.2) is 0 Å². The number of nitrogens with one attached hydrogen (secondary N) is 1. The van der Waals surface area contributed by atoms with Gasteiger partial charge in [-0.15, -0.1) is 0 Å². The lowest BCUT2D eigenvalue weighted by Gasteiger charge is -2.17. The summed E-state index contributed by atoms with van der Waals surface area (Å²) in [5, 5.41) is 1.60. The van der Waals surface area contributed by atoms with Crippen molar-refractivity contribution < 1.29 is 13.2 Å². The van der Waals surface area contributed by atoms with Crippen molar-refractivity contribution in [3.63, 3.8) is 0 Å². The summed E-state index contributed by atoms with van der Waals surface area (Å²) in [6, 6.07) is 8.15. The fourth-order valence-corrected chi connectivity index (χ4v) is 2.67. The molecule has 0 saturated carbocycles. The molecule has 134 valence electrons. The summed E-state index contributed by atoms with van der Waals surface area (Å²) in [6.07, 6.45) is 1.36. The van der Waals surface area contributed by atoms with Gasteiger partial charge in [-0.2, -0.15) is 0 Å². The number of sulfonamides is 1. The van der Waals surface area contributed by atoms with Gasteiger partial charge >= 0.3 is 0 Å². The molecule has 0 unspecified atom stereocenters.